The first kappa shape index (κ1) is 23.2. The molecular weight excluding hydrogens is 426 g/mol. The Morgan fingerprint density at radius 2 is 1.74 bits per heavy atom. The number of carbonyl (C=O) groups is 1. The van der Waals surface area contributed by atoms with Crippen molar-refractivity contribution in [1.29, 1.82) is 0 Å². The lowest BCUT2D eigenvalue weighted by Crippen LogP contribution is -2.56. The summed E-state index contributed by atoms with van der Waals surface area (Å²) in [6.07, 6.45) is 7.28. The van der Waals surface area contributed by atoms with Crippen molar-refractivity contribution in [2.24, 2.45) is 5.92 Å². The molecule has 182 valence electrons. The van der Waals surface area contributed by atoms with E-state index in [1.807, 2.05) is 24.3 Å². The van der Waals surface area contributed by atoms with E-state index in [0.29, 0.717) is 13.1 Å². The number of fused-ring (bicyclic) bond motifs is 1. The molecule has 0 spiro atoms. The molecule has 34 heavy (non-hydrogen) atoms. The molecule has 1 saturated carbocycles. The van der Waals surface area contributed by atoms with Gasteiger partial charge in [-0.15, -0.1) is 0 Å². The Morgan fingerprint density at radius 1 is 1.00 bits per heavy atom. The van der Waals surface area contributed by atoms with Crippen molar-refractivity contribution in [3.8, 4) is 5.75 Å². The molecule has 2 N–H and O–H groups in total. The lowest BCUT2D eigenvalue weighted by atomic mass is 9.66. The fourth-order valence-electron chi connectivity index (χ4n) is 6.28. The summed E-state index contributed by atoms with van der Waals surface area (Å²) >= 11 is 0. The number of nitrogens with one attached hydrogen (secondary N) is 1. The zero-order valence-electron chi connectivity index (χ0n) is 20.2. The minimum atomic E-state index is -0.638. The van der Waals surface area contributed by atoms with Crippen LogP contribution in [0.1, 0.15) is 56.6 Å². The molecule has 6 nitrogen and oxygen atoms in total. The van der Waals surface area contributed by atoms with E-state index in [1.165, 1.54) is 18.5 Å². The van der Waals surface area contributed by atoms with Crippen molar-refractivity contribution in [1.82, 2.24) is 4.90 Å². The molecule has 1 aliphatic carbocycles. The Balaban J connectivity index is 1.30. The number of nitrogens with zero attached hydrogens (tertiary/aromatic N) is 2. The fraction of sp³-hybridized carbons (Fsp3) is 0.536. The number of likely N-dealkylation sites (tertiary alicyclic amines) is 1. The van der Waals surface area contributed by atoms with Gasteiger partial charge in [-0.05, 0) is 74.1 Å². The summed E-state index contributed by atoms with van der Waals surface area (Å²) in [7, 11) is 1.67. The second-order valence-electron chi connectivity index (χ2n) is 10.2. The Kier molecular flexibility index (Phi) is 6.79. The van der Waals surface area contributed by atoms with Gasteiger partial charge in [-0.3, -0.25) is 9.69 Å². The molecule has 0 unspecified atom stereocenters. The number of ether oxygens (including phenoxy) is 1. The molecule has 3 atom stereocenters. The Labute approximate surface area is 202 Å². The van der Waals surface area contributed by atoms with Gasteiger partial charge >= 0.3 is 0 Å². The van der Waals surface area contributed by atoms with E-state index in [1.54, 1.807) is 7.11 Å². The van der Waals surface area contributed by atoms with Crippen molar-refractivity contribution in [2.45, 2.75) is 56.6 Å². The lowest BCUT2D eigenvalue weighted by molar-refractivity contribution is -0.135. The second kappa shape index (κ2) is 9.96. The highest BCUT2D eigenvalue weighted by Crippen LogP contribution is 2.49. The summed E-state index contributed by atoms with van der Waals surface area (Å²) in [6, 6.07) is 16.4. The monoisotopic (exact) mass is 463 g/mol. The third-order valence-electron chi connectivity index (χ3n) is 8.10. The van der Waals surface area contributed by atoms with Crippen LogP contribution in [0.4, 0.5) is 11.4 Å². The number of carbonyl (C=O) groups excluding carboxylic acids is 1. The summed E-state index contributed by atoms with van der Waals surface area (Å²) < 4.78 is 5.35. The van der Waals surface area contributed by atoms with E-state index in [2.05, 4.69) is 39.4 Å². The van der Waals surface area contributed by atoms with Crippen LogP contribution in [0, 0.1) is 5.92 Å². The van der Waals surface area contributed by atoms with Gasteiger partial charge in [0.2, 0.25) is 5.91 Å². The van der Waals surface area contributed by atoms with Gasteiger partial charge in [-0.2, -0.15) is 0 Å². The number of methoxy groups -OCH3 is 1. The van der Waals surface area contributed by atoms with E-state index < -0.39 is 5.60 Å². The summed E-state index contributed by atoms with van der Waals surface area (Å²) in [4.78, 5) is 17.8. The largest absolute Gasteiger partial charge is 0.497 e. The van der Waals surface area contributed by atoms with Gasteiger partial charge in [-0.1, -0.05) is 25.0 Å². The number of aliphatic hydroxyl groups is 1. The first-order valence-corrected chi connectivity index (χ1v) is 12.8. The van der Waals surface area contributed by atoms with Crippen molar-refractivity contribution >= 4 is 17.3 Å². The summed E-state index contributed by atoms with van der Waals surface area (Å²) in [5.74, 6) is 0.949. The molecule has 5 rings (SSSR count). The van der Waals surface area contributed by atoms with Crippen LogP contribution in [0.25, 0.3) is 0 Å². The Morgan fingerprint density at radius 3 is 2.44 bits per heavy atom. The molecule has 2 heterocycles. The number of hydrogen-bond donors (Lipinski definition) is 2. The number of amides is 1. The molecule has 2 aromatic carbocycles. The van der Waals surface area contributed by atoms with Gasteiger partial charge in [0.1, 0.15) is 5.75 Å². The van der Waals surface area contributed by atoms with Gasteiger partial charge in [-0.25, -0.2) is 0 Å². The molecule has 0 aromatic heterocycles. The van der Waals surface area contributed by atoms with E-state index in [0.717, 1.165) is 62.2 Å². The maximum atomic E-state index is 13.1. The maximum Gasteiger partial charge on any atom is 0.238 e. The molecule has 6 heteroatoms. The molecule has 2 saturated heterocycles. The molecule has 3 fully saturated rings. The fourth-order valence-corrected chi connectivity index (χ4v) is 6.28. The van der Waals surface area contributed by atoms with Gasteiger partial charge in [0.15, 0.2) is 0 Å². The third-order valence-corrected chi connectivity index (χ3v) is 8.10. The molecule has 2 aromatic rings. The van der Waals surface area contributed by atoms with Crippen LogP contribution in [-0.2, 0) is 4.79 Å². The normalized spacial score (nSPS) is 27.3. The molecule has 2 aliphatic heterocycles. The highest BCUT2D eigenvalue weighted by Gasteiger charge is 2.49. The molecule has 0 bridgehead atoms. The molecule has 1 amide bonds. The van der Waals surface area contributed by atoms with E-state index >= 15 is 0 Å². The number of piperidine rings is 1. The minimum Gasteiger partial charge on any atom is -0.497 e. The topological polar surface area (TPSA) is 65.0 Å². The first-order valence-electron chi connectivity index (χ1n) is 12.8. The quantitative estimate of drug-likeness (QED) is 0.655. The highest BCUT2D eigenvalue weighted by atomic mass is 16.5. The smallest absolute Gasteiger partial charge is 0.238 e. The van der Waals surface area contributed by atoms with Crippen molar-refractivity contribution in [3.05, 3.63) is 54.1 Å². The number of benzene rings is 2. The van der Waals surface area contributed by atoms with Crippen LogP contribution < -0.4 is 15.0 Å². The summed E-state index contributed by atoms with van der Waals surface area (Å²) in [5.41, 5.74) is 2.57. The molecular formula is C28H37N3O3. The third kappa shape index (κ3) is 4.80. The first-order chi connectivity index (χ1) is 16.6. The summed E-state index contributed by atoms with van der Waals surface area (Å²) in [6.45, 7) is 3.25. The van der Waals surface area contributed by atoms with Crippen LogP contribution in [0.15, 0.2) is 48.5 Å². The van der Waals surface area contributed by atoms with Gasteiger partial charge in [0, 0.05) is 43.0 Å². The standard InChI is InChI=1S/C28H37N3O3/c1-34-24-13-7-21(8-14-24)27-25-6-2-3-15-28(25,33)16-19-31(27)20-26(32)29-22-9-11-23(12-10-22)30-17-4-5-18-30/h7-14,25,27,33H,2-6,15-20H2,1H3,(H,29,32)/t25-,27-,28-/m1/s1. The van der Waals surface area contributed by atoms with Crippen LogP contribution in [0.5, 0.6) is 5.75 Å². The van der Waals surface area contributed by atoms with Crippen molar-refractivity contribution < 1.29 is 14.6 Å². The lowest BCUT2D eigenvalue weighted by Gasteiger charge is -2.52. The van der Waals surface area contributed by atoms with E-state index in [-0.39, 0.29) is 17.9 Å². The van der Waals surface area contributed by atoms with Gasteiger partial charge in [0.25, 0.3) is 0 Å². The minimum absolute atomic E-state index is 0.00585. The zero-order valence-corrected chi connectivity index (χ0v) is 20.2. The highest BCUT2D eigenvalue weighted by molar-refractivity contribution is 5.92. The SMILES string of the molecule is COc1ccc([C@@H]2[C@H]3CCCC[C@@]3(O)CCN2CC(=O)Nc2ccc(N3CCCC3)cc2)cc1. The van der Waals surface area contributed by atoms with Gasteiger partial charge in [0.05, 0.1) is 19.3 Å². The predicted molar refractivity (Wildman–Crippen MR) is 135 cm³/mol. The van der Waals surface area contributed by atoms with Crippen LogP contribution >= 0.6 is 0 Å². The average molecular weight is 464 g/mol. The number of rotatable bonds is 6. The van der Waals surface area contributed by atoms with Gasteiger partial charge < -0.3 is 20.1 Å². The van der Waals surface area contributed by atoms with Crippen LogP contribution in [-0.4, -0.2) is 54.8 Å². The number of anilines is 2. The maximum absolute atomic E-state index is 13.1. The van der Waals surface area contributed by atoms with Crippen molar-refractivity contribution in [3.63, 3.8) is 0 Å². The predicted octanol–water partition coefficient (Wildman–Crippen LogP) is 4.60. The average Bonchev–Trinajstić information content (AvgIpc) is 3.40. The molecule has 0 radical (unpaired) electrons. The second-order valence-corrected chi connectivity index (χ2v) is 10.2. The Bertz CT molecular complexity index is 971. The summed E-state index contributed by atoms with van der Waals surface area (Å²) in [5, 5.41) is 14.6. The van der Waals surface area contributed by atoms with E-state index in [9.17, 15) is 9.90 Å². The van der Waals surface area contributed by atoms with Crippen LogP contribution in [0.3, 0.4) is 0 Å². The molecule has 3 aliphatic rings. The van der Waals surface area contributed by atoms with Crippen LogP contribution in [0.2, 0.25) is 0 Å². The number of hydrogen-bond acceptors (Lipinski definition) is 5. The van der Waals surface area contributed by atoms with Crippen molar-refractivity contribution in [2.75, 3.05) is 43.5 Å². The Hall–Kier alpha value is -2.57. The van der Waals surface area contributed by atoms with E-state index in [4.69, 9.17) is 4.74 Å². The zero-order chi connectivity index (χ0) is 23.5.